The minimum atomic E-state index is -3.35. The smallest absolute Gasteiger partial charge is 0.261 e. The van der Waals surface area contributed by atoms with Crippen LogP contribution in [-0.4, -0.2) is 42.5 Å². The summed E-state index contributed by atoms with van der Waals surface area (Å²) in [6.45, 7) is 2.96. The van der Waals surface area contributed by atoms with Crippen LogP contribution in [0.15, 0.2) is 41.8 Å². The molecule has 0 unspecified atom stereocenters. The Labute approximate surface area is 193 Å². The molecule has 0 aliphatic heterocycles. The summed E-state index contributed by atoms with van der Waals surface area (Å²) in [5.74, 6) is 0.194. The zero-order valence-corrected chi connectivity index (χ0v) is 19.7. The lowest BCUT2D eigenvalue weighted by Gasteiger charge is -2.18. The second-order valence-corrected chi connectivity index (χ2v) is 10.0. The van der Waals surface area contributed by atoms with Crippen LogP contribution in [0.2, 0.25) is 0 Å². The van der Waals surface area contributed by atoms with Gasteiger partial charge in [-0.15, -0.1) is 0 Å². The summed E-state index contributed by atoms with van der Waals surface area (Å²) in [4.78, 5) is 34.2. The number of rotatable bonds is 8. The number of benzene rings is 1. The van der Waals surface area contributed by atoms with Crippen molar-refractivity contribution in [2.45, 2.75) is 51.5 Å². The number of nitrogens with zero attached hydrogens (tertiary/aromatic N) is 2. The summed E-state index contributed by atoms with van der Waals surface area (Å²) in [6.07, 6.45) is 6.38. The van der Waals surface area contributed by atoms with Crippen LogP contribution in [0.25, 0.3) is 0 Å². The van der Waals surface area contributed by atoms with Gasteiger partial charge in [0.05, 0.1) is 0 Å². The number of hydrogen-bond acceptors (Lipinski definition) is 7. The van der Waals surface area contributed by atoms with Crippen molar-refractivity contribution in [2.75, 3.05) is 11.6 Å². The summed E-state index contributed by atoms with van der Waals surface area (Å²) in [5.41, 5.74) is -0.0320. The van der Waals surface area contributed by atoms with Gasteiger partial charge in [-0.1, -0.05) is 37.1 Å². The van der Waals surface area contributed by atoms with Gasteiger partial charge in [-0.25, -0.2) is 13.4 Å². The molecule has 1 aromatic carbocycles. The van der Waals surface area contributed by atoms with E-state index in [1.807, 2.05) is 6.07 Å². The maximum atomic E-state index is 13.2. The van der Waals surface area contributed by atoms with E-state index in [1.54, 1.807) is 31.2 Å². The van der Waals surface area contributed by atoms with Crippen LogP contribution in [0.1, 0.15) is 61.6 Å². The third kappa shape index (κ3) is 7.11. The Morgan fingerprint density at radius 2 is 1.82 bits per heavy atom. The molecule has 0 bridgehead atoms. The summed E-state index contributed by atoms with van der Waals surface area (Å²) in [7, 11) is -3.35. The highest BCUT2D eigenvalue weighted by Crippen LogP contribution is 2.36. The molecular formula is C23H28N4O5S. The van der Waals surface area contributed by atoms with Gasteiger partial charge in [0.1, 0.15) is 17.1 Å². The van der Waals surface area contributed by atoms with Gasteiger partial charge in [0.15, 0.2) is 15.7 Å². The Hall–Kier alpha value is -3.27. The molecule has 2 amide bonds. The van der Waals surface area contributed by atoms with Gasteiger partial charge in [0, 0.05) is 30.5 Å². The number of sulfone groups is 1. The SMILES string of the molecule is CC(=O)Nc1nc(C2CCCC2)nc(Oc2ccccc2)c1C(=O)N[C@@H](C)/C=C/S(C)(=O)=O. The van der Waals surface area contributed by atoms with Crippen molar-refractivity contribution in [2.24, 2.45) is 0 Å². The zero-order chi connectivity index (χ0) is 24.0. The molecule has 1 saturated carbocycles. The Kier molecular flexibility index (Phi) is 7.80. The lowest BCUT2D eigenvalue weighted by Crippen LogP contribution is -2.33. The van der Waals surface area contributed by atoms with Crippen LogP contribution in [0.5, 0.6) is 11.6 Å². The number of aromatic nitrogens is 2. The maximum absolute atomic E-state index is 13.2. The Bertz CT molecular complexity index is 1140. The molecule has 1 heterocycles. The van der Waals surface area contributed by atoms with E-state index in [-0.39, 0.29) is 23.2 Å². The largest absolute Gasteiger partial charge is 0.438 e. The number of carbonyl (C=O) groups excluding carboxylic acids is 2. The molecule has 1 aliphatic carbocycles. The minimum absolute atomic E-state index is 0.0265. The number of amides is 2. The number of carbonyl (C=O) groups is 2. The van der Waals surface area contributed by atoms with Crippen molar-refractivity contribution in [1.29, 1.82) is 0 Å². The molecule has 176 valence electrons. The van der Waals surface area contributed by atoms with Crippen LogP contribution in [0.4, 0.5) is 5.82 Å². The van der Waals surface area contributed by atoms with E-state index in [2.05, 4.69) is 20.6 Å². The molecular weight excluding hydrogens is 444 g/mol. The van der Waals surface area contributed by atoms with Gasteiger partial charge in [-0.3, -0.25) is 9.59 Å². The molecule has 1 aliphatic rings. The van der Waals surface area contributed by atoms with Crippen molar-refractivity contribution in [1.82, 2.24) is 15.3 Å². The summed E-state index contributed by atoms with van der Waals surface area (Å²) >= 11 is 0. The highest BCUT2D eigenvalue weighted by atomic mass is 32.2. The summed E-state index contributed by atoms with van der Waals surface area (Å²) in [5, 5.41) is 6.35. The van der Waals surface area contributed by atoms with Crippen molar-refractivity contribution in [3.63, 3.8) is 0 Å². The van der Waals surface area contributed by atoms with E-state index in [1.165, 1.54) is 13.0 Å². The molecule has 0 saturated heterocycles. The normalized spacial score (nSPS) is 15.4. The number of anilines is 1. The Morgan fingerprint density at radius 1 is 1.15 bits per heavy atom. The van der Waals surface area contributed by atoms with E-state index >= 15 is 0 Å². The molecule has 3 rings (SSSR count). The number of para-hydroxylation sites is 1. The number of hydrogen-bond donors (Lipinski definition) is 2. The van der Waals surface area contributed by atoms with E-state index in [0.29, 0.717) is 11.6 Å². The van der Waals surface area contributed by atoms with Crippen LogP contribution in [-0.2, 0) is 14.6 Å². The highest BCUT2D eigenvalue weighted by Gasteiger charge is 2.28. The predicted molar refractivity (Wildman–Crippen MR) is 125 cm³/mol. The van der Waals surface area contributed by atoms with Gasteiger partial charge < -0.3 is 15.4 Å². The first-order valence-electron chi connectivity index (χ1n) is 10.7. The van der Waals surface area contributed by atoms with Crippen molar-refractivity contribution in [3.8, 4) is 11.6 Å². The first-order chi connectivity index (χ1) is 15.6. The lowest BCUT2D eigenvalue weighted by molar-refractivity contribution is -0.114. The minimum Gasteiger partial charge on any atom is -0.438 e. The van der Waals surface area contributed by atoms with Gasteiger partial charge >= 0.3 is 0 Å². The molecule has 1 fully saturated rings. The van der Waals surface area contributed by atoms with Crippen molar-refractivity contribution >= 4 is 27.5 Å². The molecule has 10 heteroatoms. The quantitative estimate of drug-likeness (QED) is 0.601. The fourth-order valence-electron chi connectivity index (χ4n) is 3.55. The van der Waals surface area contributed by atoms with E-state index in [0.717, 1.165) is 37.3 Å². The average Bonchev–Trinajstić information content (AvgIpc) is 3.27. The maximum Gasteiger partial charge on any atom is 0.261 e. The van der Waals surface area contributed by atoms with Crippen LogP contribution < -0.4 is 15.4 Å². The second kappa shape index (κ2) is 10.6. The second-order valence-electron chi connectivity index (χ2n) is 8.11. The number of nitrogens with one attached hydrogen (secondary N) is 2. The van der Waals surface area contributed by atoms with Crippen molar-refractivity contribution < 1.29 is 22.7 Å². The Balaban J connectivity index is 2.04. The van der Waals surface area contributed by atoms with Gasteiger partial charge in [-0.2, -0.15) is 4.98 Å². The standard InChI is InChI=1S/C23H28N4O5S/c1-15(13-14-33(3,30)31)24-22(29)19-21(25-16(2)28)26-20(17-9-7-8-10-17)27-23(19)32-18-11-5-4-6-12-18/h4-6,11-15,17H,7-10H2,1-3H3,(H,24,29)(H,25,26,27,28)/b14-13+/t15-/m0/s1. The van der Waals surface area contributed by atoms with Gasteiger partial charge in [-0.05, 0) is 31.9 Å². The number of ether oxygens (including phenoxy) is 1. The van der Waals surface area contributed by atoms with Gasteiger partial charge in [0.2, 0.25) is 11.8 Å². The third-order valence-corrected chi connectivity index (χ3v) is 5.72. The molecule has 2 N–H and O–H groups in total. The summed E-state index contributed by atoms with van der Waals surface area (Å²) in [6, 6.07) is 8.27. The van der Waals surface area contributed by atoms with E-state index < -0.39 is 27.7 Å². The first-order valence-corrected chi connectivity index (χ1v) is 12.7. The fourth-order valence-corrected chi connectivity index (χ4v) is 4.07. The average molecular weight is 473 g/mol. The third-order valence-electron chi connectivity index (χ3n) is 5.07. The molecule has 1 atom stereocenters. The topological polar surface area (TPSA) is 127 Å². The van der Waals surface area contributed by atoms with Crippen LogP contribution in [0, 0.1) is 0 Å². The molecule has 1 aromatic heterocycles. The zero-order valence-electron chi connectivity index (χ0n) is 18.9. The van der Waals surface area contributed by atoms with Gasteiger partial charge in [0.25, 0.3) is 5.91 Å². The molecule has 0 spiro atoms. The molecule has 0 radical (unpaired) electrons. The lowest BCUT2D eigenvalue weighted by atomic mass is 10.1. The van der Waals surface area contributed by atoms with E-state index in [4.69, 9.17) is 4.74 Å². The molecule has 33 heavy (non-hydrogen) atoms. The van der Waals surface area contributed by atoms with Crippen LogP contribution in [0.3, 0.4) is 0 Å². The van der Waals surface area contributed by atoms with Crippen LogP contribution >= 0.6 is 0 Å². The first kappa shape index (κ1) is 24.4. The predicted octanol–water partition coefficient (Wildman–Crippen LogP) is 3.56. The molecule has 9 nitrogen and oxygen atoms in total. The van der Waals surface area contributed by atoms with Crippen molar-refractivity contribution in [3.05, 3.63) is 53.2 Å². The Morgan fingerprint density at radius 3 is 2.42 bits per heavy atom. The monoisotopic (exact) mass is 472 g/mol. The summed E-state index contributed by atoms with van der Waals surface area (Å²) < 4.78 is 28.8. The van der Waals surface area contributed by atoms with E-state index in [9.17, 15) is 18.0 Å². The fraction of sp³-hybridized carbons (Fsp3) is 0.391. The molecule has 2 aromatic rings. The highest BCUT2D eigenvalue weighted by molar-refractivity contribution is 7.93.